The van der Waals surface area contributed by atoms with Crippen LogP contribution in [-0.2, 0) is 9.59 Å². The van der Waals surface area contributed by atoms with Gasteiger partial charge >= 0.3 is 0 Å². The number of aliphatic hydroxyl groups excluding tert-OH is 2. The van der Waals surface area contributed by atoms with Gasteiger partial charge in [0.1, 0.15) is 11.6 Å². The van der Waals surface area contributed by atoms with Gasteiger partial charge in [0, 0.05) is 36.7 Å². The predicted molar refractivity (Wildman–Crippen MR) is 118 cm³/mol. The summed E-state index contributed by atoms with van der Waals surface area (Å²) in [5.41, 5.74) is 1.01. The Bertz CT molecular complexity index is 968. The Labute approximate surface area is 192 Å². The van der Waals surface area contributed by atoms with E-state index in [-0.39, 0.29) is 31.9 Å². The zero-order valence-electron chi connectivity index (χ0n) is 17.3. The fraction of sp³-hybridized carbons (Fsp3) is 0.364. The highest BCUT2D eigenvalue weighted by Gasteiger charge is 2.35. The molecule has 1 heterocycles. The fourth-order valence-corrected chi connectivity index (χ4v) is 3.77. The molecule has 2 aromatic rings. The molecule has 1 aliphatic heterocycles. The van der Waals surface area contributed by atoms with Crippen LogP contribution in [0.3, 0.4) is 0 Å². The van der Waals surface area contributed by atoms with Crippen molar-refractivity contribution >= 4 is 33.4 Å². The Morgan fingerprint density at radius 2 is 1.62 bits per heavy atom. The largest absolute Gasteiger partial charge is 0.380 e. The van der Waals surface area contributed by atoms with Gasteiger partial charge in [0.25, 0.3) is 11.8 Å². The van der Waals surface area contributed by atoms with Gasteiger partial charge in [-0.05, 0) is 36.8 Å². The van der Waals surface area contributed by atoms with Gasteiger partial charge in [-0.15, -0.1) is 0 Å². The monoisotopic (exact) mass is 511 g/mol. The molecule has 3 atom stereocenters. The van der Waals surface area contributed by atoms with Crippen LogP contribution in [0.15, 0.2) is 46.9 Å². The van der Waals surface area contributed by atoms with Crippen molar-refractivity contribution in [2.75, 3.05) is 31.1 Å². The molecule has 32 heavy (non-hydrogen) atoms. The van der Waals surface area contributed by atoms with Crippen molar-refractivity contribution < 1.29 is 28.6 Å². The quantitative estimate of drug-likeness (QED) is 0.551. The number of nitrogens with one attached hydrogen (secondary N) is 1. The number of piperazine rings is 1. The first-order chi connectivity index (χ1) is 15.2. The van der Waals surface area contributed by atoms with Crippen LogP contribution in [-0.4, -0.2) is 65.3 Å². The molecule has 3 unspecified atom stereocenters. The van der Waals surface area contributed by atoms with E-state index in [1.165, 1.54) is 11.0 Å². The number of hydrogen-bond donors (Lipinski definition) is 3. The molecule has 0 bridgehead atoms. The molecule has 0 aliphatic carbocycles. The maximum Gasteiger partial charge on any atom is 0.254 e. The molecular formula is C22H24BrF2N3O4. The highest BCUT2D eigenvalue weighted by molar-refractivity contribution is 9.10. The minimum Gasteiger partial charge on any atom is -0.380 e. The summed E-state index contributed by atoms with van der Waals surface area (Å²) in [5.74, 6) is -3.03. The summed E-state index contributed by atoms with van der Waals surface area (Å²) < 4.78 is 28.0. The molecular weight excluding hydrogens is 488 g/mol. The Kier molecular flexibility index (Phi) is 7.81. The molecule has 10 heteroatoms. The lowest BCUT2D eigenvalue weighted by atomic mass is 10.1. The number of nitrogens with zero attached hydrogens (tertiary/aromatic N) is 2. The van der Waals surface area contributed by atoms with Crippen LogP contribution in [0.25, 0.3) is 0 Å². The molecule has 1 aliphatic rings. The molecule has 0 aromatic heterocycles. The predicted octanol–water partition coefficient (Wildman–Crippen LogP) is 1.98. The lowest BCUT2D eigenvalue weighted by Crippen LogP contribution is -2.56. The first-order valence-electron chi connectivity index (χ1n) is 10.1. The van der Waals surface area contributed by atoms with Crippen LogP contribution >= 0.6 is 15.9 Å². The Morgan fingerprint density at radius 3 is 2.22 bits per heavy atom. The molecule has 0 saturated carbocycles. The molecule has 2 aromatic carbocycles. The number of halogens is 3. The van der Waals surface area contributed by atoms with Gasteiger partial charge in [0.05, 0.1) is 11.7 Å². The summed E-state index contributed by atoms with van der Waals surface area (Å²) in [7, 11) is 0. The van der Waals surface area contributed by atoms with Crippen LogP contribution in [0, 0.1) is 11.6 Å². The van der Waals surface area contributed by atoms with Gasteiger partial charge in [-0.1, -0.05) is 28.1 Å². The zero-order chi connectivity index (χ0) is 23.4. The van der Waals surface area contributed by atoms with Gasteiger partial charge < -0.3 is 25.3 Å². The van der Waals surface area contributed by atoms with Crippen molar-refractivity contribution in [3.8, 4) is 0 Å². The summed E-state index contributed by atoms with van der Waals surface area (Å²) in [6.07, 6.45) is -3.87. The third-order valence-electron chi connectivity index (χ3n) is 5.39. The van der Waals surface area contributed by atoms with Gasteiger partial charge in [-0.2, -0.15) is 0 Å². The van der Waals surface area contributed by atoms with Crippen LogP contribution in [0.1, 0.15) is 18.5 Å². The van der Waals surface area contributed by atoms with E-state index < -0.39 is 41.7 Å². The van der Waals surface area contributed by atoms with E-state index >= 15 is 0 Å². The molecule has 172 valence electrons. The fourth-order valence-electron chi connectivity index (χ4n) is 3.50. The number of hydrogen-bond acceptors (Lipinski definition) is 5. The minimum atomic E-state index is -1.94. The number of rotatable bonds is 6. The summed E-state index contributed by atoms with van der Waals surface area (Å²) >= 11 is 3.33. The highest BCUT2D eigenvalue weighted by atomic mass is 79.9. The van der Waals surface area contributed by atoms with Gasteiger partial charge in [-0.25, -0.2) is 8.78 Å². The second-order valence-electron chi connectivity index (χ2n) is 7.58. The standard InChI is InChI=1S/C22H24BrF2N3O4/c1-13(14-2-4-15(23)5-3-14)26-21(31)19(29)20(30)22(32)28-10-8-27(9-11-28)18-7-6-16(24)12-17(18)25/h2-7,12-13,19-20,29-30H,8-11H2,1H3,(H,26,31). The SMILES string of the molecule is CC(NC(=O)C(O)C(O)C(=O)N1CCN(c2ccc(F)cc2F)CC1)c1ccc(Br)cc1. The Balaban J connectivity index is 1.54. The average Bonchev–Trinajstić information content (AvgIpc) is 2.78. The van der Waals surface area contributed by atoms with Crippen molar-refractivity contribution in [2.45, 2.75) is 25.2 Å². The second-order valence-corrected chi connectivity index (χ2v) is 8.50. The summed E-state index contributed by atoms with van der Waals surface area (Å²) in [5, 5.41) is 23.0. The van der Waals surface area contributed by atoms with E-state index in [2.05, 4.69) is 21.2 Å². The summed E-state index contributed by atoms with van der Waals surface area (Å²) in [6.45, 7) is 2.52. The molecule has 3 N–H and O–H groups in total. The third-order valence-corrected chi connectivity index (χ3v) is 5.92. The lowest BCUT2D eigenvalue weighted by Gasteiger charge is -2.37. The van der Waals surface area contributed by atoms with E-state index in [0.29, 0.717) is 0 Å². The lowest BCUT2D eigenvalue weighted by molar-refractivity contribution is -0.153. The van der Waals surface area contributed by atoms with Gasteiger partial charge in [-0.3, -0.25) is 9.59 Å². The van der Waals surface area contributed by atoms with E-state index in [9.17, 15) is 28.6 Å². The van der Waals surface area contributed by atoms with E-state index in [1.54, 1.807) is 24.0 Å². The van der Waals surface area contributed by atoms with Crippen molar-refractivity contribution in [1.29, 1.82) is 0 Å². The first-order valence-corrected chi connectivity index (χ1v) is 10.9. The average molecular weight is 512 g/mol. The van der Waals surface area contributed by atoms with E-state index in [1.807, 2.05) is 12.1 Å². The smallest absolute Gasteiger partial charge is 0.254 e. The molecule has 2 amide bonds. The molecule has 0 spiro atoms. The normalized spacial score (nSPS) is 16.9. The maximum atomic E-state index is 14.0. The minimum absolute atomic E-state index is 0.149. The van der Waals surface area contributed by atoms with E-state index in [0.717, 1.165) is 22.2 Å². The number of amides is 2. The van der Waals surface area contributed by atoms with Crippen LogP contribution in [0.2, 0.25) is 0 Å². The number of anilines is 1. The zero-order valence-corrected chi connectivity index (χ0v) is 18.9. The van der Waals surface area contributed by atoms with Crippen LogP contribution in [0.4, 0.5) is 14.5 Å². The maximum absolute atomic E-state index is 14.0. The Hall–Kier alpha value is -2.56. The van der Waals surface area contributed by atoms with Crippen molar-refractivity contribution in [3.63, 3.8) is 0 Å². The molecule has 1 saturated heterocycles. The molecule has 1 fully saturated rings. The van der Waals surface area contributed by atoms with Crippen molar-refractivity contribution in [2.24, 2.45) is 0 Å². The summed E-state index contributed by atoms with van der Waals surface area (Å²) in [4.78, 5) is 27.9. The van der Waals surface area contributed by atoms with E-state index in [4.69, 9.17) is 0 Å². The molecule has 3 rings (SSSR count). The highest BCUT2D eigenvalue weighted by Crippen LogP contribution is 2.22. The van der Waals surface area contributed by atoms with Crippen molar-refractivity contribution in [1.82, 2.24) is 10.2 Å². The number of aliphatic hydroxyl groups is 2. The third kappa shape index (κ3) is 5.62. The first kappa shape index (κ1) is 24.1. The number of benzene rings is 2. The van der Waals surface area contributed by atoms with Gasteiger partial charge in [0.2, 0.25) is 0 Å². The number of carbonyl (C=O) groups excluding carboxylic acids is 2. The van der Waals surface area contributed by atoms with Crippen LogP contribution < -0.4 is 10.2 Å². The topological polar surface area (TPSA) is 93.1 Å². The number of carbonyl (C=O) groups is 2. The second kappa shape index (κ2) is 10.4. The van der Waals surface area contributed by atoms with Crippen molar-refractivity contribution in [3.05, 3.63) is 64.1 Å². The summed E-state index contributed by atoms with van der Waals surface area (Å²) in [6, 6.07) is 10.1. The Morgan fingerprint density at radius 1 is 1.00 bits per heavy atom. The van der Waals surface area contributed by atoms with Crippen LogP contribution in [0.5, 0.6) is 0 Å². The molecule has 0 radical (unpaired) electrons. The molecule has 7 nitrogen and oxygen atoms in total. The van der Waals surface area contributed by atoms with Gasteiger partial charge in [0.15, 0.2) is 12.2 Å².